The van der Waals surface area contributed by atoms with Crippen molar-refractivity contribution in [2.75, 3.05) is 5.73 Å². The highest BCUT2D eigenvalue weighted by molar-refractivity contribution is 5.75. The molecule has 0 aliphatic rings. The first kappa shape index (κ1) is 12.5. The number of nitrogens with two attached hydrogens (primary N) is 1. The van der Waals surface area contributed by atoms with Gasteiger partial charge in [-0.2, -0.15) is 0 Å². The van der Waals surface area contributed by atoms with E-state index in [0.717, 1.165) is 29.1 Å². The third-order valence-electron chi connectivity index (χ3n) is 3.31. The Kier molecular flexibility index (Phi) is 3.29. The molecule has 0 unspecified atom stereocenters. The Labute approximate surface area is 117 Å². The van der Waals surface area contributed by atoms with Crippen LogP contribution in [0.2, 0.25) is 0 Å². The van der Waals surface area contributed by atoms with Gasteiger partial charge in [0.15, 0.2) is 5.82 Å². The zero-order chi connectivity index (χ0) is 13.9. The maximum Gasteiger partial charge on any atom is 0.175 e. The second-order valence-corrected chi connectivity index (χ2v) is 4.81. The molecule has 2 heterocycles. The van der Waals surface area contributed by atoms with E-state index in [2.05, 4.69) is 24.2 Å². The van der Waals surface area contributed by atoms with Crippen LogP contribution in [0.25, 0.3) is 11.1 Å². The molecule has 0 saturated carbocycles. The molecule has 4 nitrogen and oxygen atoms in total. The second kappa shape index (κ2) is 5.25. The van der Waals surface area contributed by atoms with Crippen LogP contribution in [0.1, 0.15) is 17.1 Å². The first-order chi connectivity index (χ1) is 9.74. The molecule has 102 valence electrons. The van der Waals surface area contributed by atoms with Gasteiger partial charge in [0.1, 0.15) is 11.5 Å². The molecule has 0 fully saturated rings. The highest BCUT2D eigenvalue weighted by atomic mass is 16.5. The minimum absolute atomic E-state index is 0.434. The molecule has 0 bridgehead atoms. The number of aryl methyl sites for hydroxylation is 3. The fraction of sp³-hybridized carbons (Fsp3) is 0.188. The summed E-state index contributed by atoms with van der Waals surface area (Å²) in [6, 6.07) is 12.0. The predicted octanol–water partition coefficient (Wildman–Crippen LogP) is 3.61. The predicted molar refractivity (Wildman–Crippen MR) is 77.2 cm³/mol. The van der Waals surface area contributed by atoms with E-state index in [-0.39, 0.29) is 0 Å². The van der Waals surface area contributed by atoms with Crippen LogP contribution in [0.15, 0.2) is 51.6 Å². The second-order valence-electron chi connectivity index (χ2n) is 4.81. The zero-order valence-electron chi connectivity index (χ0n) is 11.3. The minimum atomic E-state index is 0.434. The van der Waals surface area contributed by atoms with Crippen molar-refractivity contribution in [1.29, 1.82) is 0 Å². The summed E-state index contributed by atoms with van der Waals surface area (Å²) < 4.78 is 10.7. The Morgan fingerprint density at radius 1 is 1.10 bits per heavy atom. The van der Waals surface area contributed by atoms with Crippen molar-refractivity contribution < 1.29 is 8.94 Å². The van der Waals surface area contributed by atoms with Crippen LogP contribution in [0.3, 0.4) is 0 Å². The van der Waals surface area contributed by atoms with Gasteiger partial charge in [0.25, 0.3) is 0 Å². The van der Waals surface area contributed by atoms with E-state index in [4.69, 9.17) is 14.7 Å². The van der Waals surface area contributed by atoms with Crippen molar-refractivity contribution in [2.24, 2.45) is 0 Å². The van der Waals surface area contributed by atoms with E-state index in [1.807, 2.05) is 24.3 Å². The van der Waals surface area contributed by atoms with E-state index in [9.17, 15) is 0 Å². The number of benzene rings is 1. The average molecular weight is 268 g/mol. The highest BCUT2D eigenvalue weighted by Gasteiger charge is 2.16. The molecule has 20 heavy (non-hydrogen) atoms. The van der Waals surface area contributed by atoms with Crippen LogP contribution in [0.4, 0.5) is 5.82 Å². The van der Waals surface area contributed by atoms with E-state index in [1.165, 1.54) is 5.56 Å². The summed E-state index contributed by atoms with van der Waals surface area (Å²) in [5.74, 6) is 2.15. The Morgan fingerprint density at radius 3 is 2.60 bits per heavy atom. The smallest absolute Gasteiger partial charge is 0.175 e. The van der Waals surface area contributed by atoms with Crippen molar-refractivity contribution >= 4 is 5.82 Å². The van der Waals surface area contributed by atoms with E-state index >= 15 is 0 Å². The van der Waals surface area contributed by atoms with E-state index in [1.54, 1.807) is 6.26 Å². The van der Waals surface area contributed by atoms with Gasteiger partial charge in [-0.05, 0) is 24.6 Å². The molecule has 0 saturated heterocycles. The summed E-state index contributed by atoms with van der Waals surface area (Å²) in [7, 11) is 0. The lowest BCUT2D eigenvalue weighted by atomic mass is 10.0. The number of hydrogen-bond acceptors (Lipinski definition) is 4. The summed E-state index contributed by atoms with van der Waals surface area (Å²) in [5.41, 5.74) is 9.06. The third kappa shape index (κ3) is 2.45. The summed E-state index contributed by atoms with van der Waals surface area (Å²) in [6.07, 6.45) is 3.15. The van der Waals surface area contributed by atoms with Crippen LogP contribution < -0.4 is 5.73 Å². The van der Waals surface area contributed by atoms with Crippen molar-refractivity contribution in [2.45, 2.75) is 19.8 Å². The van der Waals surface area contributed by atoms with E-state index < -0.39 is 0 Å². The van der Waals surface area contributed by atoms with Crippen LogP contribution >= 0.6 is 0 Å². The van der Waals surface area contributed by atoms with E-state index in [0.29, 0.717) is 12.2 Å². The first-order valence-corrected chi connectivity index (χ1v) is 6.57. The van der Waals surface area contributed by atoms with Crippen molar-refractivity contribution in [1.82, 2.24) is 5.16 Å². The number of aromatic nitrogens is 1. The molecule has 4 heteroatoms. The molecule has 0 aliphatic heterocycles. The normalized spacial score (nSPS) is 10.8. The molecule has 0 radical (unpaired) electrons. The maximum atomic E-state index is 5.93. The van der Waals surface area contributed by atoms with Gasteiger partial charge in [-0.1, -0.05) is 35.0 Å². The van der Waals surface area contributed by atoms with Gasteiger partial charge in [0, 0.05) is 12.8 Å². The molecule has 0 spiro atoms. The number of nitrogens with zero attached hydrogens (tertiary/aromatic N) is 1. The van der Waals surface area contributed by atoms with Gasteiger partial charge in [-0.25, -0.2) is 0 Å². The first-order valence-electron chi connectivity index (χ1n) is 6.57. The van der Waals surface area contributed by atoms with Crippen LogP contribution in [-0.4, -0.2) is 5.16 Å². The zero-order valence-corrected chi connectivity index (χ0v) is 11.3. The van der Waals surface area contributed by atoms with Crippen molar-refractivity contribution in [3.05, 3.63) is 59.7 Å². The van der Waals surface area contributed by atoms with Gasteiger partial charge < -0.3 is 14.7 Å². The molecule has 3 aromatic rings. The summed E-state index contributed by atoms with van der Waals surface area (Å²) in [5, 5.41) is 3.89. The summed E-state index contributed by atoms with van der Waals surface area (Å²) >= 11 is 0. The molecule has 1 aromatic carbocycles. The molecule has 2 N–H and O–H groups in total. The SMILES string of the molecule is Cc1ccc(-c2c(N)noc2CCc2ccco2)cc1. The van der Waals surface area contributed by atoms with Gasteiger partial charge in [-0.3, -0.25) is 0 Å². The molecule has 0 atom stereocenters. The number of furan rings is 1. The quantitative estimate of drug-likeness (QED) is 0.785. The Bertz CT molecular complexity index is 682. The van der Waals surface area contributed by atoms with Gasteiger partial charge >= 0.3 is 0 Å². The van der Waals surface area contributed by atoms with Gasteiger partial charge in [0.05, 0.1) is 11.8 Å². The van der Waals surface area contributed by atoms with Gasteiger partial charge in [-0.15, -0.1) is 0 Å². The maximum absolute atomic E-state index is 5.93. The number of anilines is 1. The lowest BCUT2D eigenvalue weighted by molar-refractivity contribution is 0.382. The van der Waals surface area contributed by atoms with Crippen LogP contribution in [-0.2, 0) is 12.8 Å². The third-order valence-corrected chi connectivity index (χ3v) is 3.31. The fourth-order valence-electron chi connectivity index (χ4n) is 2.23. The fourth-order valence-corrected chi connectivity index (χ4v) is 2.23. The molecule has 0 aliphatic carbocycles. The topological polar surface area (TPSA) is 65.2 Å². The summed E-state index contributed by atoms with van der Waals surface area (Å²) in [6.45, 7) is 2.05. The van der Waals surface area contributed by atoms with Gasteiger partial charge in [0.2, 0.25) is 0 Å². The minimum Gasteiger partial charge on any atom is -0.469 e. The Balaban J connectivity index is 1.87. The molecule has 0 amide bonds. The van der Waals surface area contributed by atoms with Crippen molar-refractivity contribution in [3.63, 3.8) is 0 Å². The summed E-state index contributed by atoms with van der Waals surface area (Å²) in [4.78, 5) is 0. The van der Waals surface area contributed by atoms with Crippen LogP contribution in [0.5, 0.6) is 0 Å². The largest absolute Gasteiger partial charge is 0.469 e. The highest BCUT2D eigenvalue weighted by Crippen LogP contribution is 2.30. The average Bonchev–Trinajstić information content (AvgIpc) is 3.07. The van der Waals surface area contributed by atoms with Crippen LogP contribution in [0, 0.1) is 6.92 Å². The molecule has 3 rings (SSSR count). The monoisotopic (exact) mass is 268 g/mol. The molecule has 2 aromatic heterocycles. The lowest BCUT2D eigenvalue weighted by Gasteiger charge is -2.02. The number of rotatable bonds is 4. The Morgan fingerprint density at radius 2 is 1.90 bits per heavy atom. The lowest BCUT2D eigenvalue weighted by Crippen LogP contribution is -1.93. The standard InChI is InChI=1S/C16H16N2O2/c1-11-4-6-12(7-5-11)15-14(20-18-16(15)17)9-8-13-3-2-10-19-13/h2-7,10H,8-9H2,1H3,(H2,17,18). The number of nitrogen functional groups attached to an aromatic ring is 1. The Hall–Kier alpha value is -2.49. The number of hydrogen-bond donors (Lipinski definition) is 1. The molecular weight excluding hydrogens is 252 g/mol. The molecular formula is C16H16N2O2. The van der Waals surface area contributed by atoms with Crippen molar-refractivity contribution in [3.8, 4) is 11.1 Å².